The van der Waals surface area contributed by atoms with E-state index in [1.54, 1.807) is 26.2 Å². The number of hydrogen-bond acceptors (Lipinski definition) is 4. The molecule has 0 saturated heterocycles. The van der Waals surface area contributed by atoms with Gasteiger partial charge in [0.1, 0.15) is 11.5 Å². The highest BCUT2D eigenvalue weighted by Crippen LogP contribution is 2.27. The summed E-state index contributed by atoms with van der Waals surface area (Å²) in [5.74, 6) is -0.0517. The van der Waals surface area contributed by atoms with E-state index in [2.05, 4.69) is 5.32 Å². The number of aromatic hydroxyl groups is 2. The lowest BCUT2D eigenvalue weighted by Gasteiger charge is -2.24. The van der Waals surface area contributed by atoms with Crippen LogP contribution < -0.4 is 5.32 Å². The van der Waals surface area contributed by atoms with Crippen molar-refractivity contribution >= 4 is 5.91 Å². The van der Waals surface area contributed by atoms with Crippen LogP contribution in [0.5, 0.6) is 11.5 Å². The van der Waals surface area contributed by atoms with Gasteiger partial charge in [0.2, 0.25) is 5.91 Å². The van der Waals surface area contributed by atoms with Gasteiger partial charge in [0.25, 0.3) is 0 Å². The second kappa shape index (κ2) is 5.54. The predicted molar refractivity (Wildman–Crippen MR) is 64.9 cm³/mol. The molecule has 0 spiro atoms. The molecule has 1 rings (SSSR count). The molecule has 5 heteroatoms. The van der Waals surface area contributed by atoms with Crippen molar-refractivity contribution in [1.82, 2.24) is 10.2 Å². The molecule has 1 atom stereocenters. The molecule has 3 N–H and O–H groups in total. The minimum absolute atomic E-state index is 0.0141. The molecule has 17 heavy (non-hydrogen) atoms. The number of carbonyl (C=O) groups excluding carboxylic acids is 1. The number of hydrogen-bond donors (Lipinski definition) is 3. The molecule has 94 valence electrons. The van der Waals surface area contributed by atoms with Crippen LogP contribution in [0, 0.1) is 0 Å². The van der Waals surface area contributed by atoms with Crippen molar-refractivity contribution in [1.29, 1.82) is 0 Å². The van der Waals surface area contributed by atoms with Gasteiger partial charge in [-0.1, -0.05) is 0 Å². The van der Waals surface area contributed by atoms with Crippen molar-refractivity contribution in [2.24, 2.45) is 0 Å². The van der Waals surface area contributed by atoms with Gasteiger partial charge in [-0.3, -0.25) is 9.69 Å². The van der Waals surface area contributed by atoms with Crippen LogP contribution in [-0.4, -0.2) is 41.7 Å². The molecule has 0 radical (unpaired) electrons. The van der Waals surface area contributed by atoms with Crippen LogP contribution in [0.15, 0.2) is 18.2 Å². The Morgan fingerprint density at radius 3 is 2.35 bits per heavy atom. The molecular formula is C12H18N2O3. The highest BCUT2D eigenvalue weighted by Gasteiger charge is 2.15. The molecule has 0 aliphatic carbocycles. The molecule has 0 heterocycles. The monoisotopic (exact) mass is 238 g/mol. The zero-order chi connectivity index (χ0) is 13.0. The Bertz CT molecular complexity index is 386. The van der Waals surface area contributed by atoms with Crippen LogP contribution in [0.1, 0.15) is 18.5 Å². The van der Waals surface area contributed by atoms with E-state index in [1.165, 1.54) is 6.07 Å². The largest absolute Gasteiger partial charge is 0.508 e. The van der Waals surface area contributed by atoms with Gasteiger partial charge in [-0.25, -0.2) is 0 Å². The first-order valence-corrected chi connectivity index (χ1v) is 5.37. The second-order valence-electron chi connectivity index (χ2n) is 4.05. The van der Waals surface area contributed by atoms with Crippen molar-refractivity contribution in [3.05, 3.63) is 23.8 Å². The van der Waals surface area contributed by atoms with Gasteiger partial charge in [0.15, 0.2) is 0 Å². The summed E-state index contributed by atoms with van der Waals surface area (Å²) in [5.41, 5.74) is 0.758. The summed E-state index contributed by atoms with van der Waals surface area (Å²) in [4.78, 5) is 13.1. The quantitative estimate of drug-likeness (QED) is 0.726. The van der Waals surface area contributed by atoms with E-state index in [4.69, 9.17) is 0 Å². The summed E-state index contributed by atoms with van der Waals surface area (Å²) >= 11 is 0. The molecule has 5 nitrogen and oxygen atoms in total. The third-order valence-electron chi connectivity index (χ3n) is 2.74. The minimum atomic E-state index is -0.0799. The Balaban J connectivity index is 2.80. The first-order chi connectivity index (χ1) is 7.93. The number of likely N-dealkylation sites (N-methyl/N-ethyl adjacent to an activating group) is 2. The maximum atomic E-state index is 11.2. The third kappa shape index (κ3) is 3.64. The molecule has 1 aromatic rings. The maximum Gasteiger partial charge on any atom is 0.233 e. The van der Waals surface area contributed by atoms with Crippen LogP contribution >= 0.6 is 0 Å². The summed E-state index contributed by atoms with van der Waals surface area (Å²) in [7, 11) is 3.39. The highest BCUT2D eigenvalue weighted by atomic mass is 16.3. The number of amides is 1. The SMILES string of the molecule is CNC(=O)CN(C)C(C)c1cc(O)cc(O)c1. The van der Waals surface area contributed by atoms with Gasteiger partial charge < -0.3 is 15.5 Å². The number of carbonyl (C=O) groups is 1. The molecule has 1 unspecified atom stereocenters. The lowest BCUT2D eigenvalue weighted by atomic mass is 10.1. The van der Waals surface area contributed by atoms with E-state index in [1.807, 2.05) is 11.8 Å². The lowest BCUT2D eigenvalue weighted by molar-refractivity contribution is -0.121. The number of nitrogens with one attached hydrogen (secondary N) is 1. The molecule has 0 bridgehead atoms. The van der Waals surface area contributed by atoms with E-state index < -0.39 is 0 Å². The van der Waals surface area contributed by atoms with Crippen LogP contribution in [0.3, 0.4) is 0 Å². The summed E-state index contributed by atoms with van der Waals surface area (Å²) in [5, 5.41) is 21.3. The Morgan fingerprint density at radius 2 is 1.88 bits per heavy atom. The summed E-state index contributed by atoms with van der Waals surface area (Å²) in [6.45, 7) is 2.16. The predicted octanol–water partition coefficient (Wildman–Crippen LogP) is 0.837. The van der Waals surface area contributed by atoms with Crippen molar-refractivity contribution in [2.45, 2.75) is 13.0 Å². The van der Waals surface area contributed by atoms with Gasteiger partial charge in [0.05, 0.1) is 6.54 Å². The number of rotatable bonds is 4. The van der Waals surface area contributed by atoms with Gasteiger partial charge in [-0.2, -0.15) is 0 Å². The maximum absolute atomic E-state index is 11.2. The van der Waals surface area contributed by atoms with Crippen molar-refractivity contribution in [2.75, 3.05) is 20.6 Å². The Labute approximate surface area is 101 Å². The van der Waals surface area contributed by atoms with Crippen LogP contribution in [-0.2, 0) is 4.79 Å². The lowest BCUT2D eigenvalue weighted by Crippen LogP contribution is -2.34. The molecule has 1 amide bonds. The van der Waals surface area contributed by atoms with Gasteiger partial charge >= 0.3 is 0 Å². The van der Waals surface area contributed by atoms with E-state index in [-0.39, 0.29) is 30.0 Å². The van der Waals surface area contributed by atoms with Crippen LogP contribution in [0.2, 0.25) is 0 Å². The second-order valence-corrected chi connectivity index (χ2v) is 4.05. The van der Waals surface area contributed by atoms with E-state index in [9.17, 15) is 15.0 Å². The fourth-order valence-corrected chi connectivity index (χ4v) is 1.56. The van der Waals surface area contributed by atoms with E-state index >= 15 is 0 Å². The van der Waals surface area contributed by atoms with E-state index in [0.717, 1.165) is 5.56 Å². The number of nitrogens with zero attached hydrogens (tertiary/aromatic N) is 1. The molecule has 0 saturated carbocycles. The molecular weight excluding hydrogens is 220 g/mol. The number of phenols is 2. The fourth-order valence-electron chi connectivity index (χ4n) is 1.56. The van der Waals surface area contributed by atoms with Gasteiger partial charge in [-0.15, -0.1) is 0 Å². The number of phenolic OH excluding ortho intramolecular Hbond substituents is 2. The molecule has 0 aromatic heterocycles. The molecule has 0 aliphatic rings. The average Bonchev–Trinajstić information content (AvgIpc) is 2.26. The normalized spacial score (nSPS) is 12.5. The Kier molecular flexibility index (Phi) is 4.34. The smallest absolute Gasteiger partial charge is 0.233 e. The average molecular weight is 238 g/mol. The third-order valence-corrected chi connectivity index (χ3v) is 2.74. The fraction of sp³-hybridized carbons (Fsp3) is 0.417. The summed E-state index contributed by atoms with van der Waals surface area (Å²) in [6.07, 6.45) is 0. The number of benzene rings is 1. The molecule has 0 aliphatic heterocycles. The Morgan fingerprint density at radius 1 is 1.35 bits per heavy atom. The zero-order valence-electron chi connectivity index (χ0n) is 10.3. The van der Waals surface area contributed by atoms with Crippen molar-refractivity contribution < 1.29 is 15.0 Å². The standard InChI is InChI=1S/C12H18N2O3/c1-8(14(3)7-12(17)13-2)9-4-10(15)6-11(16)5-9/h4-6,8,15-16H,7H2,1-3H3,(H,13,17). The van der Waals surface area contributed by atoms with Gasteiger partial charge in [0, 0.05) is 19.2 Å². The van der Waals surface area contributed by atoms with Crippen molar-refractivity contribution in [3.8, 4) is 11.5 Å². The minimum Gasteiger partial charge on any atom is -0.508 e. The first-order valence-electron chi connectivity index (χ1n) is 5.37. The zero-order valence-corrected chi connectivity index (χ0v) is 10.3. The van der Waals surface area contributed by atoms with E-state index in [0.29, 0.717) is 0 Å². The Hall–Kier alpha value is -1.75. The molecule has 1 aromatic carbocycles. The first kappa shape index (κ1) is 13.3. The van der Waals surface area contributed by atoms with Crippen molar-refractivity contribution in [3.63, 3.8) is 0 Å². The van der Waals surface area contributed by atoms with Crippen LogP contribution in [0.25, 0.3) is 0 Å². The van der Waals surface area contributed by atoms with Crippen LogP contribution in [0.4, 0.5) is 0 Å². The van der Waals surface area contributed by atoms with Gasteiger partial charge in [-0.05, 0) is 31.7 Å². The highest BCUT2D eigenvalue weighted by molar-refractivity contribution is 5.77. The summed E-state index contributed by atoms with van der Waals surface area (Å²) in [6, 6.07) is 4.34. The summed E-state index contributed by atoms with van der Waals surface area (Å²) < 4.78 is 0. The topological polar surface area (TPSA) is 72.8 Å². The molecule has 0 fully saturated rings.